The molecule has 1 N–H and O–H groups in total. The van der Waals surface area contributed by atoms with Crippen LogP contribution in [-0.2, 0) is 0 Å². The summed E-state index contributed by atoms with van der Waals surface area (Å²) in [6, 6.07) is 0.470. The Morgan fingerprint density at radius 2 is 1.73 bits per heavy atom. The Balaban J connectivity index is 3.58. The Kier molecular flexibility index (Phi) is 6.92. The lowest BCUT2D eigenvalue weighted by Crippen LogP contribution is -2.38. The van der Waals surface area contributed by atoms with Crippen LogP contribution in [0.4, 0.5) is 13.2 Å². The van der Waals surface area contributed by atoms with E-state index in [0.717, 1.165) is 12.8 Å². The number of hydrogen-bond acceptors (Lipinski definition) is 2. The summed E-state index contributed by atoms with van der Waals surface area (Å²) in [7, 11) is 1.95. The van der Waals surface area contributed by atoms with Gasteiger partial charge in [-0.05, 0) is 19.9 Å². The van der Waals surface area contributed by atoms with Crippen molar-refractivity contribution in [3.63, 3.8) is 0 Å². The highest BCUT2D eigenvalue weighted by Gasteiger charge is 2.26. The molecular weight excluding hydrogens is 205 g/mol. The zero-order valence-electron chi connectivity index (χ0n) is 9.69. The lowest BCUT2D eigenvalue weighted by atomic mass is 10.1. The fourth-order valence-electron chi connectivity index (χ4n) is 1.58. The maximum absolute atomic E-state index is 11.8. The first-order chi connectivity index (χ1) is 6.90. The van der Waals surface area contributed by atoms with E-state index in [9.17, 15) is 13.2 Å². The lowest BCUT2D eigenvalue weighted by Gasteiger charge is -2.26. The molecule has 0 radical (unpaired) electrons. The van der Waals surface area contributed by atoms with E-state index >= 15 is 0 Å². The third kappa shape index (κ3) is 7.62. The molecule has 92 valence electrons. The van der Waals surface area contributed by atoms with Crippen molar-refractivity contribution in [2.75, 3.05) is 26.7 Å². The standard InChI is InChI=1S/C10H21F3N2/c1-4-9(5-2)15(3)7-6-14-8-10(11,12)13/h9,14H,4-8H2,1-3H3. The minimum atomic E-state index is -4.10. The summed E-state index contributed by atoms with van der Waals surface area (Å²) in [5, 5.41) is 2.39. The Labute approximate surface area is 89.8 Å². The van der Waals surface area contributed by atoms with Crippen LogP contribution in [-0.4, -0.2) is 43.8 Å². The number of rotatable bonds is 7. The highest BCUT2D eigenvalue weighted by molar-refractivity contribution is 4.66. The van der Waals surface area contributed by atoms with Gasteiger partial charge in [0.25, 0.3) is 0 Å². The summed E-state index contributed by atoms with van der Waals surface area (Å²) in [4.78, 5) is 2.10. The van der Waals surface area contributed by atoms with Gasteiger partial charge < -0.3 is 10.2 Å². The summed E-state index contributed by atoms with van der Waals surface area (Å²) >= 11 is 0. The first-order valence-corrected chi connectivity index (χ1v) is 5.38. The molecule has 0 aliphatic rings. The van der Waals surface area contributed by atoms with Crippen LogP contribution in [0.25, 0.3) is 0 Å². The van der Waals surface area contributed by atoms with Crippen LogP contribution in [0, 0.1) is 0 Å². The van der Waals surface area contributed by atoms with Crippen molar-refractivity contribution >= 4 is 0 Å². The van der Waals surface area contributed by atoms with Gasteiger partial charge in [-0.25, -0.2) is 0 Å². The van der Waals surface area contributed by atoms with Crippen molar-refractivity contribution in [1.82, 2.24) is 10.2 Å². The van der Waals surface area contributed by atoms with E-state index in [1.165, 1.54) is 0 Å². The van der Waals surface area contributed by atoms with Gasteiger partial charge in [0.15, 0.2) is 0 Å². The highest BCUT2D eigenvalue weighted by atomic mass is 19.4. The van der Waals surface area contributed by atoms with E-state index in [0.29, 0.717) is 19.1 Å². The van der Waals surface area contributed by atoms with Gasteiger partial charge in [0.2, 0.25) is 0 Å². The predicted molar refractivity (Wildman–Crippen MR) is 55.9 cm³/mol. The zero-order valence-corrected chi connectivity index (χ0v) is 9.69. The van der Waals surface area contributed by atoms with E-state index in [4.69, 9.17) is 0 Å². The third-order valence-electron chi connectivity index (χ3n) is 2.53. The van der Waals surface area contributed by atoms with Gasteiger partial charge in [0, 0.05) is 19.1 Å². The van der Waals surface area contributed by atoms with Crippen molar-refractivity contribution in [2.45, 2.75) is 38.9 Å². The van der Waals surface area contributed by atoms with Crippen LogP contribution in [0.5, 0.6) is 0 Å². The van der Waals surface area contributed by atoms with Gasteiger partial charge in [-0.15, -0.1) is 0 Å². The Morgan fingerprint density at radius 3 is 2.13 bits per heavy atom. The van der Waals surface area contributed by atoms with Crippen molar-refractivity contribution < 1.29 is 13.2 Å². The summed E-state index contributed by atoms with van der Waals surface area (Å²) in [6.45, 7) is 4.32. The van der Waals surface area contributed by atoms with E-state index in [1.54, 1.807) is 0 Å². The number of halogens is 3. The lowest BCUT2D eigenvalue weighted by molar-refractivity contribution is -0.124. The normalized spacial score (nSPS) is 12.8. The molecule has 15 heavy (non-hydrogen) atoms. The molecule has 0 aromatic heterocycles. The van der Waals surface area contributed by atoms with Gasteiger partial charge in [0.05, 0.1) is 6.54 Å². The number of hydrogen-bond donors (Lipinski definition) is 1. The number of nitrogens with one attached hydrogen (secondary N) is 1. The molecule has 0 aliphatic heterocycles. The van der Waals surface area contributed by atoms with Gasteiger partial charge in [-0.3, -0.25) is 0 Å². The van der Waals surface area contributed by atoms with Crippen molar-refractivity contribution in [3.05, 3.63) is 0 Å². The topological polar surface area (TPSA) is 15.3 Å². The molecule has 0 atom stereocenters. The van der Waals surface area contributed by atoms with Gasteiger partial charge in [-0.1, -0.05) is 13.8 Å². The number of alkyl halides is 3. The second-order valence-electron chi connectivity index (χ2n) is 3.74. The van der Waals surface area contributed by atoms with E-state index in [-0.39, 0.29) is 0 Å². The van der Waals surface area contributed by atoms with Crippen LogP contribution in [0.1, 0.15) is 26.7 Å². The minimum absolute atomic E-state index is 0.381. The Bertz CT molecular complexity index is 155. The molecule has 0 saturated carbocycles. The zero-order chi connectivity index (χ0) is 11.9. The SMILES string of the molecule is CCC(CC)N(C)CCNCC(F)(F)F. The van der Waals surface area contributed by atoms with Crippen LogP contribution in [0.3, 0.4) is 0 Å². The largest absolute Gasteiger partial charge is 0.401 e. The fourth-order valence-corrected chi connectivity index (χ4v) is 1.58. The summed E-state index contributed by atoms with van der Waals surface area (Å²) in [5.41, 5.74) is 0. The minimum Gasteiger partial charge on any atom is -0.307 e. The molecule has 0 bridgehead atoms. The molecule has 0 saturated heterocycles. The molecule has 0 spiro atoms. The predicted octanol–water partition coefficient (Wildman–Crippen LogP) is 2.26. The average Bonchev–Trinajstić information content (AvgIpc) is 2.13. The summed E-state index contributed by atoms with van der Waals surface area (Å²) in [6.07, 6.45) is -2.04. The summed E-state index contributed by atoms with van der Waals surface area (Å²) in [5.74, 6) is 0. The fraction of sp³-hybridized carbons (Fsp3) is 1.00. The second kappa shape index (κ2) is 7.06. The molecule has 0 rings (SSSR count). The van der Waals surface area contributed by atoms with Crippen LogP contribution in [0.15, 0.2) is 0 Å². The highest BCUT2D eigenvalue weighted by Crippen LogP contribution is 2.12. The van der Waals surface area contributed by atoms with Gasteiger partial charge in [-0.2, -0.15) is 13.2 Å². The molecule has 0 heterocycles. The van der Waals surface area contributed by atoms with Crippen molar-refractivity contribution in [2.24, 2.45) is 0 Å². The Hall–Kier alpha value is -0.290. The van der Waals surface area contributed by atoms with Crippen LogP contribution >= 0.6 is 0 Å². The van der Waals surface area contributed by atoms with Gasteiger partial charge >= 0.3 is 6.18 Å². The van der Waals surface area contributed by atoms with E-state index < -0.39 is 12.7 Å². The molecule has 0 unspecified atom stereocenters. The number of likely N-dealkylation sites (N-methyl/N-ethyl adjacent to an activating group) is 1. The maximum atomic E-state index is 11.8. The molecule has 5 heteroatoms. The molecule has 0 aromatic rings. The summed E-state index contributed by atoms with van der Waals surface area (Å²) < 4.78 is 35.4. The molecule has 0 amide bonds. The van der Waals surface area contributed by atoms with E-state index in [2.05, 4.69) is 24.1 Å². The molecule has 0 aromatic carbocycles. The smallest absolute Gasteiger partial charge is 0.307 e. The molecule has 0 fully saturated rings. The van der Waals surface area contributed by atoms with Crippen LogP contribution < -0.4 is 5.32 Å². The van der Waals surface area contributed by atoms with E-state index in [1.807, 2.05) is 7.05 Å². The third-order valence-corrected chi connectivity index (χ3v) is 2.53. The van der Waals surface area contributed by atoms with Crippen LogP contribution in [0.2, 0.25) is 0 Å². The molecular formula is C10H21F3N2. The molecule has 0 aliphatic carbocycles. The molecule has 2 nitrogen and oxygen atoms in total. The van der Waals surface area contributed by atoms with Crippen molar-refractivity contribution in [3.8, 4) is 0 Å². The quantitative estimate of drug-likeness (QED) is 0.670. The first kappa shape index (κ1) is 14.7. The monoisotopic (exact) mass is 226 g/mol. The maximum Gasteiger partial charge on any atom is 0.401 e. The van der Waals surface area contributed by atoms with Gasteiger partial charge in [0.1, 0.15) is 0 Å². The number of nitrogens with zero attached hydrogens (tertiary/aromatic N) is 1. The average molecular weight is 226 g/mol. The Morgan fingerprint density at radius 1 is 1.20 bits per heavy atom. The first-order valence-electron chi connectivity index (χ1n) is 5.38. The van der Waals surface area contributed by atoms with Crippen molar-refractivity contribution in [1.29, 1.82) is 0 Å². The second-order valence-corrected chi connectivity index (χ2v) is 3.74.